The van der Waals surface area contributed by atoms with Gasteiger partial charge in [0.2, 0.25) is 0 Å². The highest BCUT2D eigenvalue weighted by Crippen LogP contribution is 2.27. The fraction of sp³-hybridized carbons (Fsp3) is 0.182. The maximum Gasteiger partial charge on any atom is 0.166 e. The van der Waals surface area contributed by atoms with Gasteiger partial charge in [-0.15, -0.1) is 0 Å². The smallest absolute Gasteiger partial charge is 0.166 e. The Morgan fingerprint density at radius 1 is 1.08 bits per heavy atom. The number of carbonyl (C=O) groups is 1. The predicted octanol–water partition coefficient (Wildman–Crippen LogP) is 4.36. The molecule has 2 N–H and O–H groups in total. The summed E-state index contributed by atoms with van der Waals surface area (Å²) in [6.45, 7) is 4.02. The third-order valence-electron chi connectivity index (χ3n) is 4.36. The van der Waals surface area contributed by atoms with E-state index in [1.54, 1.807) is 12.3 Å². The molecule has 130 valence electrons. The number of allylic oxidation sites excluding steroid dienone is 1. The van der Waals surface area contributed by atoms with E-state index in [0.717, 1.165) is 22.5 Å². The van der Waals surface area contributed by atoms with E-state index < -0.39 is 5.92 Å². The molecule has 0 heterocycles. The van der Waals surface area contributed by atoms with Crippen molar-refractivity contribution in [3.05, 3.63) is 83.6 Å². The van der Waals surface area contributed by atoms with Gasteiger partial charge in [-0.3, -0.25) is 4.79 Å². The summed E-state index contributed by atoms with van der Waals surface area (Å²) < 4.78 is 0. The SMILES string of the molecule is Cc1cccc(N/C=C(/C#N)[C@@H]2C(=O)C=C[C@H]2Nc2cccc(C)c2)c1. The van der Waals surface area contributed by atoms with Gasteiger partial charge >= 0.3 is 0 Å². The highest BCUT2D eigenvalue weighted by atomic mass is 16.1. The predicted molar refractivity (Wildman–Crippen MR) is 105 cm³/mol. The van der Waals surface area contributed by atoms with Crippen molar-refractivity contribution in [3.8, 4) is 6.07 Å². The Balaban J connectivity index is 1.80. The molecule has 0 bridgehead atoms. The van der Waals surface area contributed by atoms with Gasteiger partial charge < -0.3 is 10.6 Å². The van der Waals surface area contributed by atoms with Crippen LogP contribution in [0.15, 0.2) is 72.5 Å². The Kier molecular flexibility index (Phi) is 5.19. The quantitative estimate of drug-likeness (QED) is 0.792. The first-order valence-electron chi connectivity index (χ1n) is 8.55. The lowest BCUT2D eigenvalue weighted by Gasteiger charge is -2.20. The van der Waals surface area contributed by atoms with Crippen LogP contribution in [-0.2, 0) is 4.79 Å². The van der Waals surface area contributed by atoms with Gasteiger partial charge in [0, 0.05) is 17.6 Å². The lowest BCUT2D eigenvalue weighted by molar-refractivity contribution is -0.116. The number of aryl methyl sites for hydroxylation is 2. The van der Waals surface area contributed by atoms with Gasteiger partial charge in [0.15, 0.2) is 5.78 Å². The van der Waals surface area contributed by atoms with E-state index >= 15 is 0 Å². The fourth-order valence-electron chi connectivity index (χ4n) is 3.08. The van der Waals surface area contributed by atoms with Gasteiger partial charge in [-0.2, -0.15) is 5.26 Å². The lowest BCUT2D eigenvalue weighted by Crippen LogP contribution is -2.29. The van der Waals surface area contributed by atoms with Crippen molar-refractivity contribution in [1.29, 1.82) is 5.26 Å². The Bertz CT molecular complexity index is 921. The van der Waals surface area contributed by atoms with Crippen LogP contribution >= 0.6 is 0 Å². The molecule has 0 fully saturated rings. The van der Waals surface area contributed by atoms with Crippen molar-refractivity contribution in [2.75, 3.05) is 10.6 Å². The van der Waals surface area contributed by atoms with Crippen molar-refractivity contribution < 1.29 is 4.79 Å². The molecule has 0 aromatic heterocycles. The minimum absolute atomic E-state index is 0.0611. The Labute approximate surface area is 153 Å². The first kappa shape index (κ1) is 17.5. The summed E-state index contributed by atoms with van der Waals surface area (Å²) in [6.07, 6.45) is 5.01. The van der Waals surface area contributed by atoms with E-state index in [9.17, 15) is 10.1 Å². The molecule has 0 amide bonds. The first-order valence-corrected chi connectivity index (χ1v) is 8.55. The summed E-state index contributed by atoms with van der Waals surface area (Å²) in [5.41, 5.74) is 4.49. The number of nitrogens with one attached hydrogen (secondary N) is 2. The van der Waals surface area contributed by atoms with Crippen LogP contribution in [0.3, 0.4) is 0 Å². The number of hydrogen-bond acceptors (Lipinski definition) is 4. The third-order valence-corrected chi connectivity index (χ3v) is 4.36. The van der Waals surface area contributed by atoms with E-state index in [4.69, 9.17) is 0 Å². The number of anilines is 2. The molecule has 3 rings (SSSR count). The Morgan fingerprint density at radius 2 is 1.73 bits per heavy atom. The normalized spacial score (nSPS) is 19.3. The highest BCUT2D eigenvalue weighted by molar-refractivity contribution is 5.98. The van der Waals surface area contributed by atoms with Crippen LogP contribution in [0.2, 0.25) is 0 Å². The zero-order valence-corrected chi connectivity index (χ0v) is 14.9. The zero-order valence-electron chi connectivity index (χ0n) is 14.9. The maximum absolute atomic E-state index is 12.4. The number of nitrogens with zero attached hydrogens (tertiary/aromatic N) is 1. The maximum atomic E-state index is 12.4. The van der Waals surface area contributed by atoms with E-state index in [0.29, 0.717) is 5.57 Å². The summed E-state index contributed by atoms with van der Waals surface area (Å²) in [7, 11) is 0. The molecule has 2 aromatic carbocycles. The molecule has 1 aliphatic rings. The molecule has 1 aliphatic carbocycles. The van der Waals surface area contributed by atoms with Crippen molar-refractivity contribution in [3.63, 3.8) is 0 Å². The topological polar surface area (TPSA) is 64.9 Å². The third kappa shape index (κ3) is 4.01. The van der Waals surface area contributed by atoms with Gasteiger partial charge in [-0.25, -0.2) is 0 Å². The molecular weight excluding hydrogens is 322 g/mol. The number of carbonyl (C=O) groups excluding carboxylic acids is 1. The number of nitriles is 1. The minimum atomic E-state index is -0.530. The van der Waals surface area contributed by atoms with E-state index in [-0.39, 0.29) is 11.8 Å². The second-order valence-corrected chi connectivity index (χ2v) is 6.50. The van der Waals surface area contributed by atoms with Gasteiger partial charge in [0.25, 0.3) is 0 Å². The molecule has 4 nitrogen and oxygen atoms in total. The molecule has 0 aliphatic heterocycles. The first-order chi connectivity index (χ1) is 12.6. The zero-order chi connectivity index (χ0) is 18.5. The molecular formula is C22H21N3O. The monoisotopic (exact) mass is 343 g/mol. The summed E-state index contributed by atoms with van der Waals surface area (Å²) in [5, 5.41) is 16.1. The number of ketones is 1. The average molecular weight is 343 g/mol. The van der Waals surface area contributed by atoms with Crippen LogP contribution < -0.4 is 10.6 Å². The molecule has 26 heavy (non-hydrogen) atoms. The van der Waals surface area contributed by atoms with E-state index in [1.807, 2.05) is 68.5 Å². The van der Waals surface area contributed by atoms with Gasteiger partial charge in [-0.05, 0) is 55.3 Å². The molecule has 0 radical (unpaired) electrons. The van der Waals surface area contributed by atoms with E-state index in [2.05, 4.69) is 16.7 Å². The summed E-state index contributed by atoms with van der Waals surface area (Å²) in [4.78, 5) is 12.4. The standard InChI is InChI=1S/C22H21N3O/c1-15-5-3-7-18(11-15)24-14-17(13-23)22-20(9-10-21(22)26)25-19-8-4-6-16(2)12-19/h3-12,14,20,22,24-25H,1-2H3/b17-14-/t20-,22+/m1/s1. The van der Waals surface area contributed by atoms with Crippen LogP contribution in [0, 0.1) is 31.1 Å². The number of hydrogen-bond donors (Lipinski definition) is 2. The van der Waals surface area contributed by atoms with Crippen LogP contribution in [0.1, 0.15) is 11.1 Å². The summed E-state index contributed by atoms with van der Waals surface area (Å²) in [6, 6.07) is 17.8. The average Bonchev–Trinajstić information content (AvgIpc) is 2.96. The number of rotatable bonds is 5. The van der Waals surface area contributed by atoms with Crippen molar-refractivity contribution in [1.82, 2.24) is 0 Å². The highest BCUT2D eigenvalue weighted by Gasteiger charge is 2.33. The van der Waals surface area contributed by atoms with Crippen molar-refractivity contribution in [2.45, 2.75) is 19.9 Å². The second-order valence-electron chi connectivity index (χ2n) is 6.50. The molecule has 0 unspecified atom stereocenters. The second kappa shape index (κ2) is 7.71. The fourth-order valence-corrected chi connectivity index (χ4v) is 3.08. The van der Waals surface area contributed by atoms with Crippen LogP contribution in [0.25, 0.3) is 0 Å². The largest absolute Gasteiger partial charge is 0.378 e. The van der Waals surface area contributed by atoms with Gasteiger partial charge in [0.05, 0.1) is 23.6 Å². The van der Waals surface area contributed by atoms with Gasteiger partial charge in [0.1, 0.15) is 0 Å². The molecule has 4 heteroatoms. The van der Waals surface area contributed by atoms with Crippen molar-refractivity contribution in [2.24, 2.45) is 5.92 Å². The summed E-state index contributed by atoms with van der Waals surface area (Å²) >= 11 is 0. The van der Waals surface area contributed by atoms with Crippen LogP contribution in [0.5, 0.6) is 0 Å². The minimum Gasteiger partial charge on any atom is -0.378 e. The molecule has 0 spiro atoms. The van der Waals surface area contributed by atoms with Crippen LogP contribution in [0.4, 0.5) is 11.4 Å². The summed E-state index contributed by atoms with van der Waals surface area (Å²) in [5.74, 6) is -0.591. The van der Waals surface area contributed by atoms with Crippen molar-refractivity contribution >= 4 is 17.2 Å². The Morgan fingerprint density at radius 3 is 2.38 bits per heavy atom. The Hall–Kier alpha value is -3.32. The molecule has 2 aromatic rings. The molecule has 2 atom stereocenters. The lowest BCUT2D eigenvalue weighted by atomic mass is 9.93. The molecule has 0 saturated carbocycles. The van der Waals surface area contributed by atoms with E-state index in [1.165, 1.54) is 0 Å². The van der Waals surface area contributed by atoms with Gasteiger partial charge in [-0.1, -0.05) is 30.3 Å². The molecule has 0 saturated heterocycles. The van der Waals surface area contributed by atoms with Crippen LogP contribution in [-0.4, -0.2) is 11.8 Å². The number of benzene rings is 2.